The van der Waals surface area contributed by atoms with E-state index < -0.39 is 5.60 Å². The maximum atomic E-state index is 10.4. The van der Waals surface area contributed by atoms with Crippen molar-refractivity contribution in [2.45, 2.75) is 64.6 Å². The molecule has 0 radical (unpaired) electrons. The molecule has 2 rings (SSSR count). The van der Waals surface area contributed by atoms with E-state index in [1.54, 1.807) is 0 Å². The molecule has 0 spiro atoms. The monoisotopic (exact) mass is 341 g/mol. The minimum atomic E-state index is -0.739. The first-order valence-electron chi connectivity index (χ1n) is 9.25. The second-order valence-electron chi connectivity index (χ2n) is 7.11. The first-order chi connectivity index (χ1) is 11.9. The molecule has 2 aromatic rings. The van der Waals surface area contributed by atoms with Crippen LogP contribution in [0.15, 0.2) is 54.6 Å². The Morgan fingerprint density at radius 1 is 0.960 bits per heavy atom. The summed E-state index contributed by atoms with van der Waals surface area (Å²) in [5, 5.41) is 14.0. The SMILES string of the molecule is CCCC(NC(CC)C(C)(C)O)c1ccc(Oc2ccccc2)cc1. The molecule has 0 saturated heterocycles. The van der Waals surface area contributed by atoms with E-state index >= 15 is 0 Å². The molecule has 0 aliphatic rings. The van der Waals surface area contributed by atoms with Crippen LogP contribution in [-0.2, 0) is 0 Å². The lowest BCUT2D eigenvalue weighted by Crippen LogP contribution is -2.47. The molecular weight excluding hydrogens is 310 g/mol. The Balaban J connectivity index is 2.10. The van der Waals surface area contributed by atoms with Gasteiger partial charge in [-0.05, 0) is 56.5 Å². The molecule has 0 aliphatic heterocycles. The van der Waals surface area contributed by atoms with Gasteiger partial charge in [-0.2, -0.15) is 0 Å². The summed E-state index contributed by atoms with van der Waals surface area (Å²) in [7, 11) is 0. The molecule has 0 amide bonds. The van der Waals surface area contributed by atoms with Crippen molar-refractivity contribution in [3.63, 3.8) is 0 Å². The zero-order valence-electron chi connectivity index (χ0n) is 15.8. The number of aliphatic hydroxyl groups is 1. The third kappa shape index (κ3) is 5.87. The minimum absolute atomic E-state index is 0.0595. The van der Waals surface area contributed by atoms with Gasteiger partial charge in [-0.25, -0.2) is 0 Å². The van der Waals surface area contributed by atoms with Crippen molar-refractivity contribution in [1.82, 2.24) is 5.32 Å². The van der Waals surface area contributed by atoms with Crippen LogP contribution >= 0.6 is 0 Å². The molecular formula is C22H31NO2. The summed E-state index contributed by atoms with van der Waals surface area (Å²) in [5.41, 5.74) is 0.488. The van der Waals surface area contributed by atoms with Crippen molar-refractivity contribution in [1.29, 1.82) is 0 Å². The van der Waals surface area contributed by atoms with Gasteiger partial charge in [0.25, 0.3) is 0 Å². The molecule has 25 heavy (non-hydrogen) atoms. The highest BCUT2D eigenvalue weighted by Crippen LogP contribution is 2.27. The van der Waals surface area contributed by atoms with Gasteiger partial charge in [-0.15, -0.1) is 0 Å². The first-order valence-corrected chi connectivity index (χ1v) is 9.25. The average molecular weight is 341 g/mol. The van der Waals surface area contributed by atoms with E-state index in [1.807, 2.05) is 56.3 Å². The number of rotatable bonds is 9. The van der Waals surface area contributed by atoms with Crippen LogP contribution in [0, 0.1) is 0 Å². The smallest absolute Gasteiger partial charge is 0.127 e. The lowest BCUT2D eigenvalue weighted by atomic mass is 9.93. The van der Waals surface area contributed by atoms with Crippen molar-refractivity contribution < 1.29 is 9.84 Å². The summed E-state index contributed by atoms with van der Waals surface area (Å²) in [6, 6.07) is 18.3. The van der Waals surface area contributed by atoms with E-state index in [4.69, 9.17) is 4.74 Å². The molecule has 2 unspecified atom stereocenters. The van der Waals surface area contributed by atoms with Crippen LogP contribution in [0.3, 0.4) is 0 Å². The van der Waals surface area contributed by atoms with E-state index in [9.17, 15) is 5.11 Å². The molecule has 2 atom stereocenters. The van der Waals surface area contributed by atoms with Gasteiger partial charge in [0.05, 0.1) is 5.60 Å². The van der Waals surface area contributed by atoms with Gasteiger partial charge in [0, 0.05) is 12.1 Å². The third-order valence-corrected chi connectivity index (χ3v) is 4.50. The summed E-state index contributed by atoms with van der Waals surface area (Å²) in [6.07, 6.45) is 3.01. The quantitative estimate of drug-likeness (QED) is 0.636. The highest BCUT2D eigenvalue weighted by molar-refractivity contribution is 5.34. The summed E-state index contributed by atoms with van der Waals surface area (Å²) in [5.74, 6) is 1.67. The third-order valence-electron chi connectivity index (χ3n) is 4.50. The Kier molecular flexibility index (Phi) is 7.03. The van der Waals surface area contributed by atoms with Crippen molar-refractivity contribution in [3.05, 3.63) is 60.2 Å². The van der Waals surface area contributed by atoms with Crippen LogP contribution < -0.4 is 10.1 Å². The topological polar surface area (TPSA) is 41.5 Å². The summed E-state index contributed by atoms with van der Waals surface area (Å²) in [6.45, 7) is 8.03. The Hall–Kier alpha value is -1.84. The Morgan fingerprint density at radius 2 is 1.56 bits per heavy atom. The van der Waals surface area contributed by atoms with E-state index in [0.717, 1.165) is 30.8 Å². The zero-order valence-corrected chi connectivity index (χ0v) is 15.8. The second-order valence-corrected chi connectivity index (χ2v) is 7.11. The number of benzene rings is 2. The van der Waals surface area contributed by atoms with Crippen molar-refractivity contribution in [2.24, 2.45) is 0 Å². The van der Waals surface area contributed by atoms with Gasteiger partial charge in [-0.3, -0.25) is 0 Å². The van der Waals surface area contributed by atoms with E-state index in [1.165, 1.54) is 5.56 Å². The number of nitrogens with one attached hydrogen (secondary N) is 1. The molecule has 2 aromatic carbocycles. The molecule has 0 bridgehead atoms. The molecule has 136 valence electrons. The van der Waals surface area contributed by atoms with E-state index in [-0.39, 0.29) is 12.1 Å². The van der Waals surface area contributed by atoms with Crippen LogP contribution in [0.1, 0.15) is 58.6 Å². The van der Waals surface area contributed by atoms with Crippen LogP contribution in [0.2, 0.25) is 0 Å². The molecule has 0 saturated carbocycles. The molecule has 2 N–H and O–H groups in total. The van der Waals surface area contributed by atoms with Crippen molar-refractivity contribution in [3.8, 4) is 11.5 Å². The van der Waals surface area contributed by atoms with E-state index in [0.29, 0.717) is 0 Å². The van der Waals surface area contributed by atoms with Gasteiger partial charge in [0.2, 0.25) is 0 Å². The first kappa shape index (κ1) is 19.5. The predicted octanol–water partition coefficient (Wildman–Crippen LogP) is 5.46. The van der Waals surface area contributed by atoms with Crippen molar-refractivity contribution in [2.75, 3.05) is 0 Å². The lowest BCUT2D eigenvalue weighted by molar-refractivity contribution is 0.0308. The van der Waals surface area contributed by atoms with Gasteiger partial charge in [-0.1, -0.05) is 50.6 Å². The summed E-state index contributed by atoms with van der Waals surface area (Å²) in [4.78, 5) is 0. The fourth-order valence-electron chi connectivity index (χ4n) is 3.09. The van der Waals surface area contributed by atoms with Gasteiger partial charge < -0.3 is 15.2 Å². The average Bonchev–Trinajstić information content (AvgIpc) is 2.59. The number of ether oxygens (including phenoxy) is 1. The second kappa shape index (κ2) is 9.02. The Bertz CT molecular complexity index is 617. The fourth-order valence-corrected chi connectivity index (χ4v) is 3.09. The number of para-hydroxylation sites is 1. The van der Waals surface area contributed by atoms with Gasteiger partial charge >= 0.3 is 0 Å². The standard InChI is InChI=1S/C22H31NO2/c1-5-10-20(23-21(6-2)22(3,4)24)17-13-15-19(16-14-17)25-18-11-8-7-9-12-18/h7-9,11-16,20-21,23-24H,5-6,10H2,1-4H3. The predicted molar refractivity (Wildman–Crippen MR) is 104 cm³/mol. The number of hydrogen-bond donors (Lipinski definition) is 2. The highest BCUT2D eigenvalue weighted by atomic mass is 16.5. The fraction of sp³-hybridized carbons (Fsp3) is 0.455. The molecule has 0 fully saturated rings. The Morgan fingerprint density at radius 3 is 2.08 bits per heavy atom. The zero-order chi connectivity index (χ0) is 18.3. The van der Waals surface area contributed by atoms with Crippen LogP contribution in [0.4, 0.5) is 0 Å². The molecule has 3 nitrogen and oxygen atoms in total. The summed E-state index contributed by atoms with van der Waals surface area (Å²) < 4.78 is 5.87. The summed E-state index contributed by atoms with van der Waals surface area (Å²) >= 11 is 0. The van der Waals surface area contributed by atoms with E-state index in [2.05, 4.69) is 31.3 Å². The maximum Gasteiger partial charge on any atom is 0.127 e. The lowest BCUT2D eigenvalue weighted by Gasteiger charge is -2.33. The highest BCUT2D eigenvalue weighted by Gasteiger charge is 2.27. The largest absolute Gasteiger partial charge is 0.457 e. The van der Waals surface area contributed by atoms with Crippen molar-refractivity contribution >= 4 is 0 Å². The maximum absolute atomic E-state index is 10.4. The molecule has 0 aliphatic carbocycles. The van der Waals surface area contributed by atoms with Gasteiger partial charge in [0.1, 0.15) is 11.5 Å². The van der Waals surface area contributed by atoms with Gasteiger partial charge in [0.15, 0.2) is 0 Å². The van der Waals surface area contributed by atoms with Crippen LogP contribution in [0.5, 0.6) is 11.5 Å². The molecule has 3 heteroatoms. The number of hydrogen-bond acceptors (Lipinski definition) is 3. The normalized spacial score (nSPS) is 14.1. The minimum Gasteiger partial charge on any atom is -0.457 e. The van der Waals surface area contributed by atoms with Crippen LogP contribution in [0.25, 0.3) is 0 Å². The molecule has 0 heterocycles. The Labute approximate surface area is 152 Å². The van der Waals surface area contributed by atoms with Crippen LogP contribution in [-0.4, -0.2) is 16.7 Å². The molecule has 0 aromatic heterocycles.